The molecule has 1 aliphatic carbocycles. The monoisotopic (exact) mass is 201 g/mol. The van der Waals surface area contributed by atoms with Crippen LogP contribution >= 0.6 is 0 Å². The number of rotatable bonds is 3. The average Bonchev–Trinajstić information content (AvgIpc) is 2.79. The van der Waals surface area contributed by atoms with E-state index in [0.717, 1.165) is 12.1 Å². The van der Waals surface area contributed by atoms with E-state index in [9.17, 15) is 0 Å². The SMILES string of the molecule is N#Cc1ncccc1CNC1CCCC1. The molecule has 0 atom stereocenters. The Kier molecular flexibility index (Phi) is 3.31. The summed E-state index contributed by atoms with van der Waals surface area (Å²) >= 11 is 0. The minimum absolute atomic E-state index is 0.544. The van der Waals surface area contributed by atoms with E-state index in [2.05, 4.69) is 16.4 Å². The van der Waals surface area contributed by atoms with Crippen LogP contribution in [-0.2, 0) is 6.54 Å². The van der Waals surface area contributed by atoms with Crippen molar-refractivity contribution in [3.8, 4) is 6.07 Å². The van der Waals surface area contributed by atoms with E-state index >= 15 is 0 Å². The van der Waals surface area contributed by atoms with Gasteiger partial charge < -0.3 is 5.32 Å². The van der Waals surface area contributed by atoms with Crippen LogP contribution in [0.3, 0.4) is 0 Å². The Bertz CT molecular complexity index is 361. The second kappa shape index (κ2) is 4.90. The number of nitriles is 1. The highest BCUT2D eigenvalue weighted by Crippen LogP contribution is 2.18. The van der Waals surface area contributed by atoms with Crippen molar-refractivity contribution in [1.29, 1.82) is 5.26 Å². The summed E-state index contributed by atoms with van der Waals surface area (Å²) in [5.41, 5.74) is 1.55. The molecular weight excluding hydrogens is 186 g/mol. The summed E-state index contributed by atoms with van der Waals surface area (Å²) < 4.78 is 0. The topological polar surface area (TPSA) is 48.7 Å². The normalized spacial score (nSPS) is 16.5. The number of hydrogen-bond donors (Lipinski definition) is 1. The highest BCUT2D eigenvalue weighted by molar-refractivity contribution is 5.30. The lowest BCUT2D eigenvalue weighted by Crippen LogP contribution is -2.25. The molecule has 3 heteroatoms. The second-order valence-corrected chi connectivity index (χ2v) is 3.99. The molecule has 15 heavy (non-hydrogen) atoms. The number of pyridine rings is 1. The summed E-state index contributed by atoms with van der Waals surface area (Å²) in [6.07, 6.45) is 6.85. The fourth-order valence-electron chi connectivity index (χ4n) is 2.07. The van der Waals surface area contributed by atoms with Gasteiger partial charge in [-0.15, -0.1) is 0 Å². The third-order valence-electron chi connectivity index (χ3n) is 2.93. The van der Waals surface area contributed by atoms with Gasteiger partial charge in [0.15, 0.2) is 0 Å². The fourth-order valence-corrected chi connectivity index (χ4v) is 2.07. The zero-order chi connectivity index (χ0) is 10.5. The molecule has 2 rings (SSSR count). The van der Waals surface area contributed by atoms with Gasteiger partial charge in [-0.3, -0.25) is 0 Å². The van der Waals surface area contributed by atoms with Gasteiger partial charge in [-0.05, 0) is 18.9 Å². The smallest absolute Gasteiger partial charge is 0.144 e. The summed E-state index contributed by atoms with van der Waals surface area (Å²) in [5, 5.41) is 12.4. The maximum absolute atomic E-state index is 8.87. The van der Waals surface area contributed by atoms with Gasteiger partial charge in [0, 0.05) is 24.3 Å². The minimum atomic E-state index is 0.544. The number of hydrogen-bond acceptors (Lipinski definition) is 3. The molecule has 0 radical (unpaired) electrons. The largest absolute Gasteiger partial charge is 0.310 e. The second-order valence-electron chi connectivity index (χ2n) is 3.99. The van der Waals surface area contributed by atoms with Crippen molar-refractivity contribution >= 4 is 0 Å². The van der Waals surface area contributed by atoms with Crippen molar-refractivity contribution in [3.63, 3.8) is 0 Å². The van der Waals surface area contributed by atoms with E-state index in [1.54, 1.807) is 6.20 Å². The van der Waals surface area contributed by atoms with Crippen LogP contribution in [0.25, 0.3) is 0 Å². The Morgan fingerprint density at radius 3 is 3.00 bits per heavy atom. The van der Waals surface area contributed by atoms with Crippen LogP contribution in [0.4, 0.5) is 0 Å². The van der Waals surface area contributed by atoms with E-state index in [1.165, 1.54) is 25.7 Å². The molecule has 78 valence electrons. The van der Waals surface area contributed by atoms with E-state index in [1.807, 2.05) is 12.1 Å². The number of nitrogens with zero attached hydrogens (tertiary/aromatic N) is 2. The van der Waals surface area contributed by atoms with Gasteiger partial charge in [0.25, 0.3) is 0 Å². The first-order valence-corrected chi connectivity index (χ1v) is 5.47. The van der Waals surface area contributed by atoms with Crippen LogP contribution in [-0.4, -0.2) is 11.0 Å². The molecule has 0 saturated heterocycles. The maximum Gasteiger partial charge on any atom is 0.144 e. The molecule has 1 saturated carbocycles. The van der Waals surface area contributed by atoms with Gasteiger partial charge in [0.1, 0.15) is 11.8 Å². The summed E-state index contributed by atoms with van der Waals surface area (Å²) in [5.74, 6) is 0. The summed E-state index contributed by atoms with van der Waals surface area (Å²) in [4.78, 5) is 4.04. The van der Waals surface area contributed by atoms with E-state index in [4.69, 9.17) is 5.26 Å². The molecular formula is C12H15N3. The van der Waals surface area contributed by atoms with Crippen molar-refractivity contribution in [2.45, 2.75) is 38.3 Å². The first-order chi connectivity index (χ1) is 7.40. The summed E-state index contributed by atoms with van der Waals surface area (Å²) in [6.45, 7) is 0.765. The van der Waals surface area contributed by atoms with Crippen LogP contribution < -0.4 is 5.32 Å². The van der Waals surface area contributed by atoms with Crippen LogP contribution in [0.2, 0.25) is 0 Å². The zero-order valence-electron chi connectivity index (χ0n) is 8.74. The van der Waals surface area contributed by atoms with Gasteiger partial charge >= 0.3 is 0 Å². The summed E-state index contributed by atoms with van der Waals surface area (Å²) in [6, 6.07) is 6.60. The molecule has 0 aromatic carbocycles. The fraction of sp³-hybridized carbons (Fsp3) is 0.500. The lowest BCUT2D eigenvalue weighted by molar-refractivity contribution is 0.523. The Morgan fingerprint density at radius 2 is 2.27 bits per heavy atom. The van der Waals surface area contributed by atoms with Crippen LogP contribution in [0.5, 0.6) is 0 Å². The van der Waals surface area contributed by atoms with E-state index in [-0.39, 0.29) is 0 Å². The van der Waals surface area contributed by atoms with Gasteiger partial charge in [0.2, 0.25) is 0 Å². The molecule has 0 bridgehead atoms. The average molecular weight is 201 g/mol. The predicted molar refractivity (Wildman–Crippen MR) is 58.0 cm³/mol. The third-order valence-corrected chi connectivity index (χ3v) is 2.93. The first-order valence-electron chi connectivity index (χ1n) is 5.47. The molecule has 0 unspecified atom stereocenters. The zero-order valence-corrected chi connectivity index (χ0v) is 8.74. The molecule has 1 N–H and O–H groups in total. The van der Waals surface area contributed by atoms with Crippen LogP contribution in [0.15, 0.2) is 18.3 Å². The van der Waals surface area contributed by atoms with Gasteiger partial charge in [0.05, 0.1) is 0 Å². The van der Waals surface area contributed by atoms with Crippen molar-refractivity contribution in [2.75, 3.05) is 0 Å². The van der Waals surface area contributed by atoms with Crippen molar-refractivity contribution in [2.24, 2.45) is 0 Å². The van der Waals surface area contributed by atoms with Crippen LogP contribution in [0, 0.1) is 11.3 Å². The number of aromatic nitrogens is 1. The van der Waals surface area contributed by atoms with Crippen molar-refractivity contribution in [1.82, 2.24) is 10.3 Å². The standard InChI is InChI=1S/C12H15N3/c13-8-12-10(4-3-7-14-12)9-15-11-5-1-2-6-11/h3-4,7,11,15H,1-2,5-6,9H2. The molecule has 0 aliphatic heterocycles. The molecule has 1 fully saturated rings. The lowest BCUT2D eigenvalue weighted by Gasteiger charge is -2.11. The number of nitrogens with one attached hydrogen (secondary N) is 1. The first kappa shape index (κ1) is 10.1. The molecule has 1 heterocycles. The van der Waals surface area contributed by atoms with Gasteiger partial charge in [-0.25, -0.2) is 4.98 Å². The minimum Gasteiger partial charge on any atom is -0.310 e. The highest BCUT2D eigenvalue weighted by Gasteiger charge is 2.14. The highest BCUT2D eigenvalue weighted by atomic mass is 14.9. The van der Waals surface area contributed by atoms with Crippen molar-refractivity contribution in [3.05, 3.63) is 29.6 Å². The Morgan fingerprint density at radius 1 is 1.47 bits per heavy atom. The third kappa shape index (κ3) is 2.54. The van der Waals surface area contributed by atoms with Gasteiger partial charge in [-0.1, -0.05) is 18.9 Å². The maximum atomic E-state index is 8.87. The van der Waals surface area contributed by atoms with Crippen molar-refractivity contribution < 1.29 is 0 Å². The Hall–Kier alpha value is -1.40. The van der Waals surface area contributed by atoms with Crippen LogP contribution in [0.1, 0.15) is 36.9 Å². The molecule has 0 spiro atoms. The molecule has 1 aromatic heterocycles. The Balaban J connectivity index is 1.95. The molecule has 1 aliphatic rings. The molecule has 0 amide bonds. The molecule has 1 aromatic rings. The Labute approximate surface area is 90.1 Å². The summed E-state index contributed by atoms with van der Waals surface area (Å²) in [7, 11) is 0. The molecule has 3 nitrogen and oxygen atoms in total. The quantitative estimate of drug-likeness (QED) is 0.813. The van der Waals surface area contributed by atoms with E-state index < -0.39 is 0 Å². The van der Waals surface area contributed by atoms with E-state index in [0.29, 0.717) is 11.7 Å². The van der Waals surface area contributed by atoms with Gasteiger partial charge in [-0.2, -0.15) is 5.26 Å². The lowest BCUT2D eigenvalue weighted by atomic mass is 10.2. The predicted octanol–water partition coefficient (Wildman–Crippen LogP) is 1.99.